The molecular weight excluding hydrogens is 196 g/mol. The lowest BCUT2D eigenvalue weighted by Crippen LogP contribution is -2.08. The van der Waals surface area contributed by atoms with Gasteiger partial charge in [-0.15, -0.1) is 0 Å². The third kappa shape index (κ3) is 3.12. The zero-order valence-electron chi connectivity index (χ0n) is 7.77. The summed E-state index contributed by atoms with van der Waals surface area (Å²) in [6.45, 7) is 0. The third-order valence-corrected chi connectivity index (χ3v) is 1.59. The molecule has 1 rings (SSSR count). The monoisotopic (exact) mass is 204 g/mol. The molecule has 5 nitrogen and oxygen atoms in total. The minimum atomic E-state index is -0.555. The molecule has 0 bridgehead atoms. The molecule has 2 N–H and O–H groups in total. The number of nitrogens with two attached hydrogens (primary N) is 1. The van der Waals surface area contributed by atoms with Crippen LogP contribution in [0.25, 0.3) is 0 Å². The summed E-state index contributed by atoms with van der Waals surface area (Å²) in [5, 5.41) is 10.6. The molecule has 0 aliphatic rings. The van der Waals surface area contributed by atoms with E-state index in [1.165, 1.54) is 12.1 Å². The Balaban J connectivity index is 2.97. The molecule has 15 heavy (non-hydrogen) atoms. The van der Waals surface area contributed by atoms with E-state index in [-0.39, 0.29) is 17.7 Å². The molecule has 5 heteroatoms. The molecule has 0 fully saturated rings. The molecule has 0 aliphatic carbocycles. The van der Waals surface area contributed by atoms with Gasteiger partial charge in [0.25, 0.3) is 5.69 Å². The standard InChI is InChI=1S/C10H8N2O3/c11-10(13)7-3-5-8-4-1-2-6-9(8)12(14)15/h1-2,4,6H,7H2,(H2,11,13). The molecule has 1 amide bonds. The molecule has 0 aromatic heterocycles. The van der Waals surface area contributed by atoms with Crippen LogP contribution in [0, 0.1) is 22.0 Å². The van der Waals surface area contributed by atoms with Crippen LogP contribution in [0.2, 0.25) is 0 Å². The van der Waals surface area contributed by atoms with Crippen LogP contribution < -0.4 is 5.73 Å². The Labute approximate surface area is 86.0 Å². The maximum absolute atomic E-state index is 10.6. The molecule has 0 heterocycles. The molecule has 0 unspecified atom stereocenters. The van der Waals surface area contributed by atoms with Crippen LogP contribution in [0.3, 0.4) is 0 Å². The van der Waals surface area contributed by atoms with Crippen molar-refractivity contribution in [3.63, 3.8) is 0 Å². The summed E-state index contributed by atoms with van der Waals surface area (Å²) in [6, 6.07) is 6.07. The maximum Gasteiger partial charge on any atom is 0.284 e. The van der Waals surface area contributed by atoms with Gasteiger partial charge in [0.15, 0.2) is 0 Å². The number of benzene rings is 1. The number of nitro groups is 1. The fourth-order valence-corrected chi connectivity index (χ4v) is 0.965. The van der Waals surface area contributed by atoms with Crippen LogP contribution in [0.5, 0.6) is 0 Å². The molecule has 0 spiro atoms. The first-order valence-electron chi connectivity index (χ1n) is 4.12. The van der Waals surface area contributed by atoms with Gasteiger partial charge in [0.05, 0.1) is 11.3 Å². The van der Waals surface area contributed by atoms with E-state index in [4.69, 9.17) is 5.73 Å². The Morgan fingerprint density at radius 1 is 1.47 bits per heavy atom. The number of nitrogens with zero attached hydrogens (tertiary/aromatic N) is 1. The third-order valence-electron chi connectivity index (χ3n) is 1.59. The van der Waals surface area contributed by atoms with Gasteiger partial charge in [0, 0.05) is 6.07 Å². The molecule has 0 aliphatic heterocycles. The minimum absolute atomic E-state index is 0.0746. The highest BCUT2D eigenvalue weighted by Gasteiger charge is 2.09. The smallest absolute Gasteiger partial charge is 0.284 e. The molecule has 0 saturated carbocycles. The lowest BCUT2D eigenvalue weighted by molar-refractivity contribution is -0.385. The van der Waals surface area contributed by atoms with Crippen molar-refractivity contribution in [3.8, 4) is 11.8 Å². The number of carbonyl (C=O) groups is 1. The zero-order valence-corrected chi connectivity index (χ0v) is 7.77. The van der Waals surface area contributed by atoms with E-state index in [0.717, 1.165) is 0 Å². The van der Waals surface area contributed by atoms with Gasteiger partial charge in [0.1, 0.15) is 5.56 Å². The SMILES string of the molecule is NC(=O)CC#Cc1ccccc1[N+](=O)[O-]. The van der Waals surface area contributed by atoms with Crippen LogP contribution in [-0.4, -0.2) is 10.8 Å². The van der Waals surface area contributed by atoms with E-state index in [1.807, 2.05) is 0 Å². The van der Waals surface area contributed by atoms with E-state index in [9.17, 15) is 14.9 Å². The first-order chi connectivity index (χ1) is 7.11. The van der Waals surface area contributed by atoms with Crippen molar-refractivity contribution < 1.29 is 9.72 Å². The van der Waals surface area contributed by atoms with Crippen molar-refractivity contribution in [3.05, 3.63) is 39.9 Å². The largest absolute Gasteiger partial charge is 0.369 e. The first kappa shape index (κ1) is 10.7. The fraction of sp³-hybridized carbons (Fsp3) is 0.100. The minimum Gasteiger partial charge on any atom is -0.369 e. The van der Waals surface area contributed by atoms with E-state index in [1.54, 1.807) is 12.1 Å². The molecular formula is C10H8N2O3. The summed E-state index contributed by atoms with van der Waals surface area (Å²) in [4.78, 5) is 20.4. The molecule has 1 aromatic rings. The number of nitro benzene ring substituents is 1. The lowest BCUT2D eigenvalue weighted by atomic mass is 10.2. The highest BCUT2D eigenvalue weighted by Crippen LogP contribution is 2.15. The van der Waals surface area contributed by atoms with Crippen LogP contribution in [0.1, 0.15) is 12.0 Å². The number of hydrogen-bond donors (Lipinski definition) is 1. The number of rotatable bonds is 2. The van der Waals surface area contributed by atoms with Crippen molar-refractivity contribution in [2.45, 2.75) is 6.42 Å². The van der Waals surface area contributed by atoms with Gasteiger partial charge in [-0.1, -0.05) is 24.0 Å². The Kier molecular flexibility index (Phi) is 3.41. The Morgan fingerprint density at radius 3 is 2.73 bits per heavy atom. The predicted octanol–water partition coefficient (Wildman–Crippen LogP) is 0.822. The maximum atomic E-state index is 10.6. The average molecular weight is 204 g/mol. The van der Waals surface area contributed by atoms with Crippen LogP contribution in [0.4, 0.5) is 5.69 Å². The van der Waals surface area contributed by atoms with Crippen LogP contribution in [-0.2, 0) is 4.79 Å². The van der Waals surface area contributed by atoms with Crippen molar-refractivity contribution in [1.29, 1.82) is 0 Å². The molecule has 0 saturated heterocycles. The van der Waals surface area contributed by atoms with Crippen molar-refractivity contribution in [2.75, 3.05) is 0 Å². The number of para-hydroxylation sites is 1. The van der Waals surface area contributed by atoms with Crippen LogP contribution in [0.15, 0.2) is 24.3 Å². The van der Waals surface area contributed by atoms with E-state index in [0.29, 0.717) is 0 Å². The fourth-order valence-electron chi connectivity index (χ4n) is 0.965. The summed E-state index contributed by atoms with van der Waals surface area (Å²) in [5.74, 6) is 4.45. The number of hydrogen-bond acceptors (Lipinski definition) is 3. The first-order valence-corrected chi connectivity index (χ1v) is 4.12. The van der Waals surface area contributed by atoms with Gasteiger partial charge < -0.3 is 5.73 Å². The Morgan fingerprint density at radius 2 is 2.13 bits per heavy atom. The van der Waals surface area contributed by atoms with Crippen LogP contribution >= 0.6 is 0 Å². The van der Waals surface area contributed by atoms with Gasteiger partial charge in [-0.2, -0.15) is 0 Å². The zero-order chi connectivity index (χ0) is 11.3. The van der Waals surface area contributed by atoms with Gasteiger partial charge in [-0.05, 0) is 6.07 Å². The average Bonchev–Trinajstić information content (AvgIpc) is 2.17. The Hall–Kier alpha value is -2.35. The van der Waals surface area contributed by atoms with Gasteiger partial charge in [-0.25, -0.2) is 0 Å². The molecule has 1 aromatic carbocycles. The van der Waals surface area contributed by atoms with Crippen molar-refractivity contribution >= 4 is 11.6 Å². The molecule has 0 radical (unpaired) electrons. The number of amides is 1. The molecule has 0 atom stereocenters. The summed E-state index contributed by atoms with van der Waals surface area (Å²) in [5.41, 5.74) is 5.09. The second-order valence-corrected chi connectivity index (χ2v) is 2.72. The van der Waals surface area contributed by atoms with Gasteiger partial charge >= 0.3 is 0 Å². The summed E-state index contributed by atoms with van der Waals surface area (Å²) < 4.78 is 0. The Bertz CT molecular complexity index is 457. The summed E-state index contributed by atoms with van der Waals surface area (Å²) in [7, 11) is 0. The van der Waals surface area contributed by atoms with E-state index >= 15 is 0 Å². The van der Waals surface area contributed by atoms with E-state index in [2.05, 4.69) is 11.8 Å². The summed E-state index contributed by atoms with van der Waals surface area (Å²) >= 11 is 0. The van der Waals surface area contributed by atoms with Crippen molar-refractivity contribution in [1.82, 2.24) is 0 Å². The second-order valence-electron chi connectivity index (χ2n) is 2.72. The van der Waals surface area contributed by atoms with Crippen molar-refractivity contribution in [2.24, 2.45) is 5.73 Å². The lowest BCUT2D eigenvalue weighted by Gasteiger charge is -1.93. The van der Waals surface area contributed by atoms with E-state index < -0.39 is 10.8 Å². The quantitative estimate of drug-likeness (QED) is 0.439. The highest BCUT2D eigenvalue weighted by molar-refractivity contribution is 5.76. The predicted molar refractivity (Wildman–Crippen MR) is 53.8 cm³/mol. The number of carbonyl (C=O) groups excluding carboxylic acids is 1. The highest BCUT2D eigenvalue weighted by atomic mass is 16.6. The van der Waals surface area contributed by atoms with Gasteiger partial charge in [-0.3, -0.25) is 14.9 Å². The second kappa shape index (κ2) is 4.77. The molecule has 76 valence electrons. The number of primary amides is 1. The topological polar surface area (TPSA) is 86.2 Å². The van der Waals surface area contributed by atoms with Gasteiger partial charge in [0.2, 0.25) is 5.91 Å². The normalized spacial score (nSPS) is 8.80. The summed E-state index contributed by atoms with van der Waals surface area (Å²) in [6.07, 6.45) is -0.105.